The molecule has 1 aromatic rings. The average molecular weight is 386 g/mol. The monoisotopic (exact) mass is 385 g/mol. The molecule has 2 aliphatic rings. The van der Waals surface area contributed by atoms with E-state index in [1.165, 1.54) is 0 Å². The normalized spacial score (nSPS) is 25.1. The van der Waals surface area contributed by atoms with Gasteiger partial charge in [0.15, 0.2) is 0 Å². The third-order valence-corrected chi connectivity index (χ3v) is 7.78. The van der Waals surface area contributed by atoms with Crippen LogP contribution in [0.5, 0.6) is 0 Å². The maximum atomic E-state index is 12.6. The summed E-state index contributed by atoms with van der Waals surface area (Å²) in [6.45, 7) is 2.58. The van der Waals surface area contributed by atoms with Gasteiger partial charge in [0, 0.05) is 24.5 Å². The lowest BCUT2D eigenvalue weighted by Crippen LogP contribution is -2.47. The van der Waals surface area contributed by atoms with E-state index < -0.39 is 10.0 Å². The molecule has 0 saturated carbocycles. The molecule has 1 amide bonds. The number of carbonyl (C=O) groups is 1. The van der Waals surface area contributed by atoms with E-state index >= 15 is 0 Å². The Labute approximate surface area is 154 Å². The molecule has 2 unspecified atom stereocenters. The van der Waals surface area contributed by atoms with E-state index in [4.69, 9.17) is 0 Å². The summed E-state index contributed by atoms with van der Waals surface area (Å²) in [5.41, 5.74) is 0. The fourth-order valence-electron chi connectivity index (χ4n) is 3.54. The Hall–Kier alpha value is -0.960. The Morgan fingerprint density at radius 3 is 2.96 bits per heavy atom. The summed E-state index contributed by atoms with van der Waals surface area (Å²) in [5, 5.41) is 8.16. The first-order valence-corrected chi connectivity index (χ1v) is 11.5. The van der Waals surface area contributed by atoms with Crippen LogP contribution in [-0.4, -0.2) is 56.6 Å². The molecule has 2 saturated heterocycles. The summed E-state index contributed by atoms with van der Waals surface area (Å²) in [5.74, 6) is 0.421. The molecule has 0 bridgehead atoms. The number of hydrogen-bond donors (Lipinski definition) is 2. The molecule has 2 atom stereocenters. The van der Waals surface area contributed by atoms with Crippen LogP contribution < -0.4 is 10.6 Å². The highest BCUT2D eigenvalue weighted by Crippen LogP contribution is 2.20. The van der Waals surface area contributed by atoms with E-state index in [1.807, 2.05) is 17.5 Å². The number of hydrogen-bond acceptors (Lipinski definition) is 5. The van der Waals surface area contributed by atoms with Crippen LogP contribution in [0, 0.1) is 5.92 Å². The molecule has 3 heterocycles. The van der Waals surface area contributed by atoms with Crippen LogP contribution >= 0.6 is 11.3 Å². The minimum atomic E-state index is -3.23. The molecule has 6 nitrogen and oxygen atoms in total. The Morgan fingerprint density at radius 1 is 1.36 bits per heavy atom. The Bertz CT molecular complexity index is 655. The molecule has 2 fully saturated rings. The van der Waals surface area contributed by atoms with Crippen LogP contribution in [0.3, 0.4) is 0 Å². The van der Waals surface area contributed by atoms with Gasteiger partial charge in [-0.3, -0.25) is 4.79 Å². The van der Waals surface area contributed by atoms with Gasteiger partial charge < -0.3 is 10.6 Å². The van der Waals surface area contributed by atoms with Crippen LogP contribution in [0.15, 0.2) is 17.5 Å². The number of sulfonamides is 1. The standard InChI is InChI=1S/C17H27N3O3S2/c21-17(16-6-1-8-18-16)19-12-14-4-2-9-20(13-14)25(22,23)11-7-15-5-3-10-24-15/h3,5,10,14,16,18H,1-2,4,6-9,11-13H2,(H,19,21). The van der Waals surface area contributed by atoms with Crippen molar-refractivity contribution < 1.29 is 13.2 Å². The van der Waals surface area contributed by atoms with E-state index in [0.29, 0.717) is 26.1 Å². The Kier molecular flexibility index (Phi) is 6.49. The molecule has 0 radical (unpaired) electrons. The van der Waals surface area contributed by atoms with Crippen LogP contribution in [0.1, 0.15) is 30.6 Å². The lowest BCUT2D eigenvalue weighted by atomic mass is 9.99. The number of carbonyl (C=O) groups excluding carboxylic acids is 1. The maximum Gasteiger partial charge on any atom is 0.237 e. The van der Waals surface area contributed by atoms with Crippen molar-refractivity contribution in [2.75, 3.05) is 31.9 Å². The zero-order valence-electron chi connectivity index (χ0n) is 14.4. The molecule has 25 heavy (non-hydrogen) atoms. The molecule has 8 heteroatoms. The molecule has 3 rings (SSSR count). The molecular weight excluding hydrogens is 358 g/mol. The van der Waals surface area contributed by atoms with Crippen LogP contribution in [0.25, 0.3) is 0 Å². The van der Waals surface area contributed by atoms with Gasteiger partial charge in [0.2, 0.25) is 15.9 Å². The van der Waals surface area contributed by atoms with Crippen molar-refractivity contribution in [2.45, 2.75) is 38.1 Å². The minimum absolute atomic E-state index is 0.0511. The molecule has 2 aliphatic heterocycles. The van der Waals surface area contributed by atoms with Gasteiger partial charge in [0.1, 0.15) is 0 Å². The van der Waals surface area contributed by atoms with Crippen molar-refractivity contribution >= 4 is 27.3 Å². The number of nitrogens with zero attached hydrogens (tertiary/aromatic N) is 1. The third-order valence-electron chi connectivity index (χ3n) is 5.00. The fourth-order valence-corrected chi connectivity index (χ4v) is 5.96. The summed E-state index contributed by atoms with van der Waals surface area (Å²) in [7, 11) is -3.23. The smallest absolute Gasteiger partial charge is 0.237 e. The van der Waals surface area contributed by atoms with Crippen LogP contribution in [-0.2, 0) is 21.2 Å². The van der Waals surface area contributed by atoms with Gasteiger partial charge in [-0.15, -0.1) is 11.3 Å². The second-order valence-corrected chi connectivity index (χ2v) is 10.0. The minimum Gasteiger partial charge on any atom is -0.354 e. The van der Waals surface area contributed by atoms with Gasteiger partial charge in [0.05, 0.1) is 11.8 Å². The topological polar surface area (TPSA) is 78.5 Å². The number of rotatable bonds is 7. The summed E-state index contributed by atoms with van der Waals surface area (Å²) >= 11 is 1.60. The summed E-state index contributed by atoms with van der Waals surface area (Å²) < 4.78 is 26.8. The molecular formula is C17H27N3O3S2. The third kappa shape index (κ3) is 5.26. The predicted molar refractivity (Wildman–Crippen MR) is 100 cm³/mol. The Balaban J connectivity index is 1.47. The highest BCUT2D eigenvalue weighted by atomic mass is 32.2. The number of nitrogens with one attached hydrogen (secondary N) is 2. The van der Waals surface area contributed by atoms with Crippen molar-refractivity contribution in [2.24, 2.45) is 5.92 Å². The van der Waals surface area contributed by atoms with Gasteiger partial charge in [-0.1, -0.05) is 6.07 Å². The second kappa shape index (κ2) is 8.62. The quantitative estimate of drug-likeness (QED) is 0.739. The lowest BCUT2D eigenvalue weighted by molar-refractivity contribution is -0.123. The van der Waals surface area contributed by atoms with E-state index in [2.05, 4.69) is 10.6 Å². The van der Waals surface area contributed by atoms with Crippen LogP contribution in [0.4, 0.5) is 0 Å². The van der Waals surface area contributed by atoms with Crippen molar-refractivity contribution in [1.29, 1.82) is 0 Å². The molecule has 2 N–H and O–H groups in total. The largest absolute Gasteiger partial charge is 0.354 e. The maximum absolute atomic E-state index is 12.6. The molecule has 140 valence electrons. The van der Waals surface area contributed by atoms with E-state index in [0.717, 1.165) is 37.1 Å². The number of aryl methyl sites for hydroxylation is 1. The highest BCUT2D eigenvalue weighted by molar-refractivity contribution is 7.89. The van der Waals surface area contributed by atoms with Gasteiger partial charge in [-0.05, 0) is 56.0 Å². The van der Waals surface area contributed by atoms with Crippen LogP contribution in [0.2, 0.25) is 0 Å². The molecule has 0 aliphatic carbocycles. The van der Waals surface area contributed by atoms with E-state index in [9.17, 15) is 13.2 Å². The first-order valence-electron chi connectivity index (χ1n) is 9.06. The number of thiophene rings is 1. The predicted octanol–water partition coefficient (Wildman–Crippen LogP) is 1.20. The molecule has 0 aromatic carbocycles. The lowest BCUT2D eigenvalue weighted by Gasteiger charge is -2.32. The number of piperidine rings is 1. The second-order valence-electron chi connectivity index (χ2n) is 6.91. The van der Waals surface area contributed by atoms with Gasteiger partial charge in [0.25, 0.3) is 0 Å². The van der Waals surface area contributed by atoms with Crippen molar-refractivity contribution in [3.05, 3.63) is 22.4 Å². The summed E-state index contributed by atoms with van der Waals surface area (Å²) in [6, 6.07) is 3.85. The number of amides is 1. The molecule has 0 spiro atoms. The highest BCUT2D eigenvalue weighted by Gasteiger charge is 2.29. The molecule has 1 aromatic heterocycles. The first kappa shape index (κ1) is 18.8. The zero-order valence-corrected chi connectivity index (χ0v) is 16.1. The van der Waals surface area contributed by atoms with Gasteiger partial charge in [-0.25, -0.2) is 12.7 Å². The van der Waals surface area contributed by atoms with E-state index in [1.54, 1.807) is 15.6 Å². The average Bonchev–Trinajstić information content (AvgIpc) is 3.31. The Morgan fingerprint density at radius 2 is 2.24 bits per heavy atom. The van der Waals surface area contributed by atoms with Crippen molar-refractivity contribution in [3.63, 3.8) is 0 Å². The SMILES string of the molecule is O=C(NCC1CCCN(S(=O)(=O)CCc2cccs2)C1)C1CCCN1. The van der Waals surface area contributed by atoms with Gasteiger partial charge in [-0.2, -0.15) is 0 Å². The first-order chi connectivity index (χ1) is 12.0. The van der Waals surface area contributed by atoms with Gasteiger partial charge >= 0.3 is 0 Å². The zero-order chi connectivity index (χ0) is 17.7. The summed E-state index contributed by atoms with van der Waals surface area (Å²) in [4.78, 5) is 13.2. The fraction of sp³-hybridized carbons (Fsp3) is 0.706. The van der Waals surface area contributed by atoms with Crippen molar-refractivity contribution in [1.82, 2.24) is 14.9 Å². The van der Waals surface area contributed by atoms with Crippen molar-refractivity contribution in [3.8, 4) is 0 Å². The summed E-state index contributed by atoms with van der Waals surface area (Å²) in [6.07, 6.45) is 4.33. The van der Waals surface area contributed by atoms with E-state index in [-0.39, 0.29) is 23.6 Å².